The van der Waals surface area contributed by atoms with Crippen molar-refractivity contribution in [1.29, 1.82) is 5.26 Å². The Bertz CT molecular complexity index is 1790. The van der Waals surface area contributed by atoms with Crippen molar-refractivity contribution < 1.29 is 33.7 Å². The Morgan fingerprint density at radius 2 is 1.91 bits per heavy atom. The molecule has 3 N–H and O–H groups in total. The number of carbonyl (C=O) groups is 2. The molecule has 0 unspecified atom stereocenters. The normalized spacial score (nSPS) is 14.3. The van der Waals surface area contributed by atoms with Crippen LogP contribution in [0, 0.1) is 23.1 Å². The second kappa shape index (κ2) is 15.0. The number of aromatic nitrogens is 1. The van der Waals surface area contributed by atoms with E-state index >= 15 is 0 Å². The molecule has 2 atom stereocenters. The number of pyridine rings is 1. The number of nitrogens with one attached hydrogen (secondary N) is 1. The van der Waals surface area contributed by atoms with Crippen LogP contribution in [-0.4, -0.2) is 40.1 Å². The predicted octanol–water partition coefficient (Wildman–Crippen LogP) is 5.80. The monoisotopic (exact) mass is 643 g/mol. The summed E-state index contributed by atoms with van der Waals surface area (Å²) >= 11 is 6.71. The number of benzene rings is 3. The molecule has 0 bridgehead atoms. The van der Waals surface area contributed by atoms with Crippen molar-refractivity contribution in [2.75, 3.05) is 13.2 Å². The van der Waals surface area contributed by atoms with E-state index in [1.807, 2.05) is 24.3 Å². The second-order valence-electron chi connectivity index (χ2n) is 10.9. The Morgan fingerprint density at radius 3 is 2.67 bits per heavy atom. The van der Waals surface area contributed by atoms with Gasteiger partial charge in [0.2, 0.25) is 0 Å². The summed E-state index contributed by atoms with van der Waals surface area (Å²) in [6.45, 7) is -0.512. The maximum absolute atomic E-state index is 14.7. The number of aliphatic hydroxyl groups excluding tert-OH is 1. The molecule has 46 heavy (non-hydrogen) atoms. The molecule has 0 fully saturated rings. The first kappa shape index (κ1) is 32.6. The summed E-state index contributed by atoms with van der Waals surface area (Å²) in [6, 6.07) is 19.5. The number of rotatable bonds is 14. The van der Waals surface area contributed by atoms with Gasteiger partial charge in [-0.1, -0.05) is 48.0 Å². The molecule has 4 aromatic rings. The molecule has 0 spiro atoms. The van der Waals surface area contributed by atoms with E-state index in [0.29, 0.717) is 51.6 Å². The Morgan fingerprint density at radius 1 is 1.11 bits per heavy atom. The van der Waals surface area contributed by atoms with E-state index in [1.54, 1.807) is 36.5 Å². The van der Waals surface area contributed by atoms with Gasteiger partial charge in [-0.05, 0) is 47.7 Å². The Balaban J connectivity index is 1.37. The number of carboxylic acids is 1. The van der Waals surface area contributed by atoms with Crippen LogP contribution in [0.4, 0.5) is 4.39 Å². The highest BCUT2D eigenvalue weighted by molar-refractivity contribution is 6.32. The van der Waals surface area contributed by atoms with Crippen LogP contribution in [0.25, 0.3) is 11.1 Å². The molecule has 0 amide bonds. The molecular formula is C35H31ClFN3O6. The van der Waals surface area contributed by atoms with Crippen molar-refractivity contribution in [3.05, 3.63) is 112 Å². The smallest absolute Gasteiger partial charge is 0.309 e. The third kappa shape index (κ3) is 7.69. The number of fused-ring (bicyclic) bond motifs is 1. The fraction of sp³-hybridized carbons (Fsp3) is 0.257. The van der Waals surface area contributed by atoms with Crippen LogP contribution >= 0.6 is 11.6 Å². The number of halogens is 2. The average molecular weight is 644 g/mol. The number of nitriles is 1. The average Bonchev–Trinajstić information content (AvgIpc) is 3.47. The van der Waals surface area contributed by atoms with Crippen LogP contribution in [0.2, 0.25) is 5.02 Å². The number of aliphatic hydroxyl groups is 1. The standard InChI is InChI=1S/C35H31ClFN3O6/c36-30-12-23(17-40-18-25(42)11-24(19-41)35(43)44)33(45-20-22-10-21(14-38)15-39-16-22)13-34(30)46-32-9-8-27-26(5-3-6-29(27)32)28-4-1-2-7-31(28)37/h1-7,10,12-13,15-16,24,32,40-41H,8-9,11,17-20H2,(H,43,44)/t24-,32-/m0/s1. The van der Waals surface area contributed by atoms with Crippen LogP contribution in [0.1, 0.15) is 46.8 Å². The van der Waals surface area contributed by atoms with Gasteiger partial charge in [0.25, 0.3) is 0 Å². The molecule has 0 saturated carbocycles. The van der Waals surface area contributed by atoms with Gasteiger partial charge in [-0.3, -0.25) is 14.6 Å². The van der Waals surface area contributed by atoms with Crippen LogP contribution < -0.4 is 14.8 Å². The predicted molar refractivity (Wildman–Crippen MR) is 168 cm³/mol. The zero-order valence-corrected chi connectivity index (χ0v) is 25.5. The maximum Gasteiger partial charge on any atom is 0.309 e. The summed E-state index contributed by atoms with van der Waals surface area (Å²) in [7, 11) is 0. The highest BCUT2D eigenvalue weighted by atomic mass is 35.5. The number of aliphatic carboxylic acids is 1. The van der Waals surface area contributed by atoms with E-state index < -0.39 is 18.5 Å². The molecule has 1 heterocycles. The molecular weight excluding hydrogens is 613 g/mol. The first-order valence-corrected chi connectivity index (χ1v) is 15.0. The summed E-state index contributed by atoms with van der Waals surface area (Å²) in [5.41, 5.74) is 5.00. The summed E-state index contributed by atoms with van der Waals surface area (Å²) < 4.78 is 27.2. The lowest BCUT2D eigenvalue weighted by atomic mass is 9.96. The summed E-state index contributed by atoms with van der Waals surface area (Å²) in [5.74, 6) is -2.27. The van der Waals surface area contributed by atoms with Crippen LogP contribution in [0.3, 0.4) is 0 Å². The molecule has 5 rings (SSSR count). The van der Waals surface area contributed by atoms with E-state index in [2.05, 4.69) is 16.4 Å². The van der Waals surface area contributed by atoms with Gasteiger partial charge in [0.1, 0.15) is 41.9 Å². The van der Waals surface area contributed by atoms with Gasteiger partial charge in [0.05, 0.1) is 29.7 Å². The third-order valence-corrected chi connectivity index (χ3v) is 8.06. The quantitative estimate of drug-likeness (QED) is 0.155. The lowest BCUT2D eigenvalue weighted by Gasteiger charge is -2.20. The molecule has 1 aromatic heterocycles. The number of ether oxygens (including phenoxy) is 2. The number of Topliss-reactive ketones (excluding diaryl/α,β-unsaturated/α-hetero) is 1. The van der Waals surface area contributed by atoms with Gasteiger partial charge in [0, 0.05) is 48.1 Å². The molecule has 0 aliphatic heterocycles. The van der Waals surface area contributed by atoms with Crippen molar-refractivity contribution in [3.8, 4) is 28.7 Å². The second-order valence-corrected chi connectivity index (χ2v) is 11.3. The number of ketones is 1. The number of hydrogen-bond donors (Lipinski definition) is 3. The lowest BCUT2D eigenvalue weighted by Crippen LogP contribution is -2.28. The molecule has 0 saturated heterocycles. The number of nitrogens with zero attached hydrogens (tertiary/aromatic N) is 2. The van der Waals surface area contributed by atoms with Gasteiger partial charge < -0.3 is 25.0 Å². The zero-order valence-electron chi connectivity index (χ0n) is 24.7. The van der Waals surface area contributed by atoms with E-state index in [1.165, 1.54) is 12.3 Å². The van der Waals surface area contributed by atoms with Crippen molar-refractivity contribution in [2.24, 2.45) is 5.92 Å². The minimum Gasteiger partial charge on any atom is -0.488 e. The van der Waals surface area contributed by atoms with Crippen molar-refractivity contribution in [2.45, 2.75) is 38.5 Å². The number of carbonyl (C=O) groups excluding carboxylic acids is 1. The van der Waals surface area contributed by atoms with Crippen molar-refractivity contribution in [3.63, 3.8) is 0 Å². The molecule has 11 heteroatoms. The van der Waals surface area contributed by atoms with E-state index in [-0.39, 0.29) is 43.8 Å². The van der Waals surface area contributed by atoms with Gasteiger partial charge in [-0.15, -0.1) is 0 Å². The summed E-state index contributed by atoms with van der Waals surface area (Å²) in [4.78, 5) is 27.6. The highest BCUT2D eigenvalue weighted by Gasteiger charge is 2.28. The molecule has 236 valence electrons. The van der Waals surface area contributed by atoms with Gasteiger partial charge >= 0.3 is 5.97 Å². The Labute approximate surface area is 270 Å². The van der Waals surface area contributed by atoms with Crippen molar-refractivity contribution in [1.82, 2.24) is 10.3 Å². The fourth-order valence-corrected chi connectivity index (χ4v) is 5.70. The van der Waals surface area contributed by atoms with Crippen LogP contribution in [0.15, 0.2) is 73.1 Å². The lowest BCUT2D eigenvalue weighted by molar-refractivity contribution is -0.145. The summed E-state index contributed by atoms with van der Waals surface area (Å²) in [5, 5.41) is 30.9. The zero-order chi connectivity index (χ0) is 32.6. The first-order valence-electron chi connectivity index (χ1n) is 14.7. The number of hydrogen-bond acceptors (Lipinski definition) is 8. The largest absolute Gasteiger partial charge is 0.488 e. The molecule has 0 radical (unpaired) electrons. The molecule has 3 aromatic carbocycles. The highest BCUT2D eigenvalue weighted by Crippen LogP contribution is 2.43. The third-order valence-electron chi connectivity index (χ3n) is 7.76. The Hall–Kier alpha value is -4.82. The van der Waals surface area contributed by atoms with Crippen LogP contribution in [0.5, 0.6) is 11.5 Å². The van der Waals surface area contributed by atoms with Crippen LogP contribution in [-0.2, 0) is 29.2 Å². The SMILES string of the molecule is N#Cc1cncc(COc2cc(O[C@H]3CCc4c(-c5ccccc5F)cccc43)c(Cl)cc2CNCC(=O)C[C@@H](CO)C(=O)O)c1. The van der Waals surface area contributed by atoms with E-state index in [0.717, 1.165) is 16.7 Å². The van der Waals surface area contributed by atoms with Crippen molar-refractivity contribution >= 4 is 23.4 Å². The van der Waals surface area contributed by atoms with Gasteiger partial charge in [-0.2, -0.15) is 5.26 Å². The minimum absolute atomic E-state index is 0.0879. The van der Waals surface area contributed by atoms with E-state index in [9.17, 15) is 24.3 Å². The van der Waals surface area contributed by atoms with Gasteiger partial charge in [-0.25, -0.2) is 4.39 Å². The fourth-order valence-electron chi connectivity index (χ4n) is 5.46. The molecule has 1 aliphatic rings. The minimum atomic E-state index is -1.24. The first-order chi connectivity index (χ1) is 22.3. The van der Waals surface area contributed by atoms with E-state index in [4.69, 9.17) is 26.2 Å². The maximum atomic E-state index is 14.7. The summed E-state index contributed by atoms with van der Waals surface area (Å²) in [6.07, 6.45) is 3.76. The molecule has 1 aliphatic carbocycles. The number of carboxylic acid groups (broad SMARTS) is 1. The molecule has 9 nitrogen and oxygen atoms in total. The topological polar surface area (TPSA) is 142 Å². The van der Waals surface area contributed by atoms with Gasteiger partial charge in [0.15, 0.2) is 0 Å². The Kier molecular flexibility index (Phi) is 10.6.